The number of aliphatic hydroxyl groups excluding tert-OH is 1. The van der Waals surface area contributed by atoms with Gasteiger partial charge in [0.2, 0.25) is 5.91 Å². The van der Waals surface area contributed by atoms with E-state index in [4.69, 9.17) is 166 Å². The molecule has 22 heterocycles. The summed E-state index contributed by atoms with van der Waals surface area (Å²) in [7, 11) is 30.2. The van der Waals surface area contributed by atoms with Crippen molar-refractivity contribution in [3.63, 3.8) is 0 Å². The first-order chi connectivity index (χ1) is 65.9. The second-order valence-electron chi connectivity index (χ2n) is 41.2. The van der Waals surface area contributed by atoms with Crippen molar-refractivity contribution in [2.75, 3.05) is 188 Å². The molecule has 1 aromatic rings. The zero-order valence-corrected chi connectivity index (χ0v) is 85.6. The van der Waals surface area contributed by atoms with E-state index in [0.717, 1.165) is 64.2 Å². The first-order valence-electron chi connectivity index (χ1n) is 48.5. The monoisotopic (exact) mass is 1960 g/mol. The van der Waals surface area contributed by atoms with E-state index in [2.05, 4.69) is 70.2 Å². The Hall–Kier alpha value is -3.09. The van der Waals surface area contributed by atoms with Crippen LogP contribution in [0.15, 0.2) is 17.8 Å². The number of nitrogens with zero attached hydrogens (tertiary/aromatic N) is 3. The summed E-state index contributed by atoms with van der Waals surface area (Å²) < 4.78 is 234. The van der Waals surface area contributed by atoms with Crippen LogP contribution < -0.4 is 5.32 Å². The maximum atomic E-state index is 15.7. The SMILES string of the molecule is COC[C@H]1O[C@@H]2O[C@H]3[C@H](OC)[C@@H](OC)[C@@H](O[C@H]4[C@H](OC)[C@@H](OC)[C@@H](O[C@H]5[C@H](OC)[C@@H](OC)[C@@H](O[C@H]6[C@H](OCn7cc(CNC(=O)[C@]89CCC(C)(C)CC8C8=CCC%10[C@@]%11(C)CC[C@H](O)C(C)(C)C%11CC[C@@]%10(C)[C@]8(C)CC9)nn7)[C@@H](OC)[C@@H](O[C@H]7[C@H](OC)[C@@H](OC)[C@@H](O[C@H]8[C@H](OC)[C@@H](OC)[C@@H](O[C@H]1[C@H](OC)[C@H]2OC)O[C@@H]8COC)O[C@@H]7COC)O[C@@H]6COC)O[C@@H]5COC)O[C@@H]4COC)O[C@@H]3COC. The lowest BCUT2D eigenvalue weighted by Gasteiger charge is -2.71. The third-order valence-corrected chi connectivity index (χ3v) is 33.5. The van der Waals surface area contributed by atoms with Gasteiger partial charge in [-0.25, -0.2) is 4.68 Å². The van der Waals surface area contributed by atoms with E-state index in [1.807, 2.05) is 0 Å². The van der Waals surface area contributed by atoms with Gasteiger partial charge in [0.15, 0.2) is 44.0 Å². The molecule has 26 aliphatic rings. The standard InChI is InChI=1S/C96H162N4O37/c1-91(2)34-36-96(37-35-94(6)50(51(96)38-91)28-29-60-93(5)32-31-61(101)92(3,4)59(93)30-33-95(60,94)7)90(102)97-39-49-40-100(99-98-49)48-123-75-68-58(47-109-14)130-89(82(75)122-27)136-67-57(46-108-13)128-87(80(120-25)74(67)115-20)134-65-55(44-106-11)126-85(78(118-23)72(65)113-18)132-63-53(42-104-9)124-83(76(116-21)70(63)111-16)131-62-52(41-103-8)125-84(77(117-22)69(62)110-15)133-64-54(43-105-10)127-86(79(119-24)71(64)112-17)135-66-56(45-107-12)129-88(137-68)81(121-26)73(66)114-19/h28,40,51-89,101H,29-39,41-48H2,1-27H3,(H,97,102)/t51?,52-,53-,54-,55-,56-,57-,58-,59?,60?,61+,62-,63-,64-,65-,66-,67-,68-,69+,70+,71+,72+,73+,74+,75+,76-,77-,78-,79-,80-,81-,82-,83-,84-,85-,86-,87-,88-,89-,93+,94-,95-,96+/m1/s1. The Morgan fingerprint density at radius 1 is 0.380 bits per heavy atom. The third kappa shape index (κ3) is 21.2. The lowest BCUT2D eigenvalue weighted by molar-refractivity contribution is -0.404. The number of ether oxygens (including phenoxy) is 35. The van der Waals surface area contributed by atoms with Crippen LogP contribution in [0, 0.1) is 50.2 Å². The topological polar surface area (TPSA) is 403 Å². The molecule has 41 nitrogen and oxygen atoms in total. The number of allylic oxidation sites excluding steroid dienone is 2. The van der Waals surface area contributed by atoms with E-state index in [9.17, 15) is 5.11 Å². The van der Waals surface area contributed by atoms with Crippen LogP contribution in [0.3, 0.4) is 0 Å². The molecule has 14 bridgehead atoms. The van der Waals surface area contributed by atoms with Gasteiger partial charge in [-0.1, -0.05) is 65.3 Å². The highest BCUT2D eigenvalue weighted by molar-refractivity contribution is 5.84. The van der Waals surface area contributed by atoms with Gasteiger partial charge in [-0.3, -0.25) is 4.79 Å². The molecule has 1 amide bonds. The summed E-state index contributed by atoms with van der Waals surface area (Å²) in [6.07, 6.45) is -25.6. The maximum absolute atomic E-state index is 15.7. The van der Waals surface area contributed by atoms with Crippen LogP contribution in [0.2, 0.25) is 0 Å². The summed E-state index contributed by atoms with van der Waals surface area (Å²) in [6.45, 7) is 16.2. The number of aromatic nitrogens is 3. The Morgan fingerprint density at radius 3 is 1.00 bits per heavy atom. The first-order valence-corrected chi connectivity index (χ1v) is 48.5. The molecule has 25 fully saturated rings. The van der Waals surface area contributed by atoms with Crippen LogP contribution in [0.25, 0.3) is 0 Å². The van der Waals surface area contributed by atoms with Crippen LogP contribution in [0.4, 0.5) is 0 Å². The summed E-state index contributed by atoms with van der Waals surface area (Å²) >= 11 is 0. The molecule has 0 radical (unpaired) electrons. The Labute approximate surface area is 807 Å². The fraction of sp³-hybridized carbons (Fsp3) is 0.948. The van der Waals surface area contributed by atoms with E-state index in [-0.39, 0.29) is 105 Å². The fourth-order valence-electron chi connectivity index (χ4n) is 26.4. The van der Waals surface area contributed by atoms with Crippen molar-refractivity contribution in [3.05, 3.63) is 23.5 Å². The lowest BCUT2D eigenvalue weighted by Crippen LogP contribution is -2.69. The molecular weight excluding hydrogens is 1800 g/mol. The molecular formula is C96H162N4O37. The second-order valence-corrected chi connectivity index (χ2v) is 41.2. The summed E-state index contributed by atoms with van der Waals surface area (Å²) in [4.78, 5) is 15.7. The molecule has 788 valence electrons. The summed E-state index contributed by atoms with van der Waals surface area (Å²) in [5, 5.41) is 24.2. The molecule has 3 unspecified atom stereocenters. The molecule has 5 aliphatic carbocycles. The van der Waals surface area contributed by atoms with E-state index in [1.165, 1.54) is 148 Å². The third-order valence-electron chi connectivity index (χ3n) is 33.5. The quantitative estimate of drug-likeness (QED) is 0.0883. The molecule has 21 saturated heterocycles. The fourth-order valence-corrected chi connectivity index (χ4v) is 26.4. The predicted octanol–water partition coefficient (Wildman–Crippen LogP) is 4.90. The minimum atomic E-state index is -1.39. The first kappa shape index (κ1) is 110. The van der Waals surface area contributed by atoms with Crippen molar-refractivity contribution in [1.82, 2.24) is 20.3 Å². The highest BCUT2D eigenvalue weighted by atomic mass is 16.8. The molecule has 27 rings (SSSR count). The summed E-state index contributed by atoms with van der Waals surface area (Å²) in [5.41, 5.74) is 1.16. The van der Waals surface area contributed by atoms with Gasteiger partial charge in [-0.2, -0.15) is 0 Å². The molecule has 0 spiro atoms. The number of amides is 1. The van der Waals surface area contributed by atoms with Crippen LogP contribution >= 0.6 is 0 Å². The van der Waals surface area contributed by atoms with Gasteiger partial charge in [0, 0.05) is 142 Å². The molecule has 137 heavy (non-hydrogen) atoms. The number of rotatable bonds is 33. The van der Waals surface area contributed by atoms with Gasteiger partial charge < -0.3 is 176 Å². The Morgan fingerprint density at radius 2 is 0.686 bits per heavy atom. The summed E-state index contributed by atoms with van der Waals surface area (Å²) in [6, 6.07) is 0. The van der Waals surface area contributed by atoms with Crippen molar-refractivity contribution in [2.24, 2.45) is 50.2 Å². The van der Waals surface area contributed by atoms with Crippen molar-refractivity contribution in [1.29, 1.82) is 0 Å². The number of methoxy groups -OCH3 is 20. The van der Waals surface area contributed by atoms with Crippen LogP contribution in [0.1, 0.15) is 118 Å². The van der Waals surface area contributed by atoms with Gasteiger partial charge in [0.05, 0.1) is 70.5 Å². The van der Waals surface area contributed by atoms with Crippen LogP contribution in [-0.2, 0) is 184 Å². The van der Waals surface area contributed by atoms with Gasteiger partial charge in [0.1, 0.15) is 183 Å². The summed E-state index contributed by atoms with van der Waals surface area (Å²) in [5.74, 6) is 0.947. The number of hydrogen-bond donors (Lipinski definition) is 2. The van der Waals surface area contributed by atoms with Crippen LogP contribution in [-0.4, -0.2) is 435 Å². The van der Waals surface area contributed by atoms with Crippen molar-refractivity contribution in [3.8, 4) is 0 Å². The predicted molar refractivity (Wildman–Crippen MR) is 480 cm³/mol. The average molecular weight is 1960 g/mol. The van der Waals surface area contributed by atoms with Gasteiger partial charge in [-0.15, -0.1) is 5.10 Å². The van der Waals surface area contributed by atoms with E-state index < -0.39 is 220 Å². The number of nitrogens with one attached hydrogen (secondary N) is 1. The van der Waals surface area contributed by atoms with Crippen LogP contribution in [0.5, 0.6) is 0 Å². The Bertz CT molecular complexity index is 3910. The number of hydrogen-bond acceptors (Lipinski definition) is 39. The second kappa shape index (κ2) is 47.4. The highest BCUT2D eigenvalue weighted by Gasteiger charge is 2.71. The lowest BCUT2D eigenvalue weighted by atomic mass is 9.33. The maximum Gasteiger partial charge on any atom is 0.227 e. The minimum Gasteiger partial charge on any atom is -0.393 e. The van der Waals surface area contributed by atoms with Gasteiger partial charge in [0.25, 0.3) is 0 Å². The molecule has 2 N–H and O–H groups in total. The molecule has 41 heteroatoms. The Balaban J connectivity index is 0.807. The average Bonchev–Trinajstić information content (AvgIpc) is 0.833. The number of carbonyl (C=O) groups excluding carboxylic acids is 1. The molecule has 21 aliphatic heterocycles. The molecule has 4 saturated carbocycles. The normalized spacial score (nSPS) is 46.2. The van der Waals surface area contributed by atoms with Crippen molar-refractivity contribution >= 4 is 5.91 Å². The molecule has 0 aromatic carbocycles. The number of fused-ring (bicyclic) bond motifs is 7. The minimum absolute atomic E-state index is 0.0143. The number of aliphatic hydroxyl groups is 1. The highest BCUT2D eigenvalue weighted by Crippen LogP contribution is 2.76. The van der Waals surface area contributed by atoms with Gasteiger partial charge >= 0.3 is 0 Å². The Kier molecular flexibility index (Phi) is 37.9. The van der Waals surface area contributed by atoms with Crippen molar-refractivity contribution in [2.45, 2.75) is 347 Å². The van der Waals surface area contributed by atoms with Crippen molar-refractivity contribution < 1.29 is 176 Å². The largest absolute Gasteiger partial charge is 0.393 e. The smallest absolute Gasteiger partial charge is 0.227 e. The molecule has 43 atom stereocenters. The zero-order valence-electron chi connectivity index (χ0n) is 85.6. The van der Waals surface area contributed by atoms with E-state index in [0.29, 0.717) is 17.5 Å². The van der Waals surface area contributed by atoms with E-state index >= 15 is 4.79 Å². The zero-order chi connectivity index (χ0) is 98.5. The van der Waals surface area contributed by atoms with Gasteiger partial charge in [-0.05, 0) is 109 Å². The molecule has 1 aromatic heterocycles. The number of carbonyl (C=O) groups is 1. The van der Waals surface area contributed by atoms with E-state index in [1.54, 1.807) is 10.9 Å².